The van der Waals surface area contributed by atoms with E-state index in [0.717, 1.165) is 51.0 Å². The Hall–Kier alpha value is -1.93. The summed E-state index contributed by atoms with van der Waals surface area (Å²) in [5, 5.41) is 9.24. The quantitative estimate of drug-likeness (QED) is 0.529. The summed E-state index contributed by atoms with van der Waals surface area (Å²) in [5.74, 6) is 0.729. The second-order valence-corrected chi connectivity index (χ2v) is 9.45. The number of nitrogens with zero attached hydrogens (tertiary/aromatic N) is 4. The molecule has 1 amide bonds. The van der Waals surface area contributed by atoms with Crippen LogP contribution in [0.4, 0.5) is 5.69 Å². The SMILES string of the molecule is Cc1nc(S[C@H](C)C(=O)Nc2c(C)nn(C)c2C)c2c3c(sc2n1)CCC3. The van der Waals surface area contributed by atoms with Crippen molar-refractivity contribution < 1.29 is 4.79 Å². The Morgan fingerprint density at radius 3 is 2.74 bits per heavy atom. The van der Waals surface area contributed by atoms with Gasteiger partial charge in [0, 0.05) is 17.3 Å². The molecule has 0 bridgehead atoms. The molecular weight excluding hydrogens is 378 g/mol. The van der Waals surface area contributed by atoms with Crippen molar-refractivity contribution in [2.45, 2.75) is 57.2 Å². The largest absolute Gasteiger partial charge is 0.322 e. The van der Waals surface area contributed by atoms with Crippen molar-refractivity contribution in [3.05, 3.63) is 27.7 Å². The molecule has 0 saturated carbocycles. The minimum Gasteiger partial charge on any atom is -0.322 e. The number of anilines is 1. The topological polar surface area (TPSA) is 72.7 Å². The van der Waals surface area contributed by atoms with Gasteiger partial charge in [-0.1, -0.05) is 11.8 Å². The molecule has 6 nitrogen and oxygen atoms in total. The summed E-state index contributed by atoms with van der Waals surface area (Å²) < 4.78 is 1.79. The molecule has 0 radical (unpaired) electrons. The van der Waals surface area contributed by atoms with E-state index in [-0.39, 0.29) is 11.2 Å². The molecule has 3 heterocycles. The molecule has 0 fully saturated rings. The molecule has 0 aromatic carbocycles. The van der Waals surface area contributed by atoms with Crippen LogP contribution in [0, 0.1) is 20.8 Å². The van der Waals surface area contributed by atoms with Gasteiger partial charge in [0.25, 0.3) is 0 Å². The Kier molecular flexibility index (Phi) is 4.71. The van der Waals surface area contributed by atoms with Gasteiger partial charge < -0.3 is 5.32 Å². The number of aromatic nitrogens is 4. The molecule has 3 aromatic heterocycles. The van der Waals surface area contributed by atoms with Crippen molar-refractivity contribution in [3.8, 4) is 0 Å². The van der Waals surface area contributed by atoms with Gasteiger partial charge in [0.05, 0.1) is 22.3 Å². The third-order valence-corrected chi connectivity index (χ3v) is 7.33. The van der Waals surface area contributed by atoms with Crippen LogP contribution in [0.1, 0.15) is 41.0 Å². The molecule has 0 saturated heterocycles. The predicted molar refractivity (Wildman–Crippen MR) is 111 cm³/mol. The molecule has 1 atom stereocenters. The number of fused-ring (bicyclic) bond motifs is 3. The standard InChI is InChI=1S/C19H23N5OS2/c1-9-16(10(2)24(5)23-9)22-17(25)11(3)26-18-15-13-7-6-8-14(13)27-19(15)21-12(4)20-18/h11H,6-8H2,1-5H3,(H,22,25)/t11-/m1/s1. The van der Waals surface area contributed by atoms with Crippen LogP contribution >= 0.6 is 23.1 Å². The molecular formula is C19H23N5OS2. The third-order valence-electron chi connectivity index (χ3n) is 5.06. The van der Waals surface area contributed by atoms with Crippen molar-refractivity contribution in [2.24, 2.45) is 7.05 Å². The van der Waals surface area contributed by atoms with Crippen LogP contribution in [-0.4, -0.2) is 30.9 Å². The number of aryl methyl sites for hydroxylation is 5. The van der Waals surface area contributed by atoms with Crippen LogP contribution in [-0.2, 0) is 24.7 Å². The van der Waals surface area contributed by atoms with E-state index in [1.807, 2.05) is 34.7 Å². The lowest BCUT2D eigenvalue weighted by Crippen LogP contribution is -2.23. The van der Waals surface area contributed by atoms with Gasteiger partial charge in [-0.2, -0.15) is 5.10 Å². The van der Waals surface area contributed by atoms with E-state index in [2.05, 4.69) is 20.4 Å². The molecule has 142 valence electrons. The highest BCUT2D eigenvalue weighted by molar-refractivity contribution is 8.00. The van der Waals surface area contributed by atoms with Crippen LogP contribution < -0.4 is 5.32 Å². The normalized spacial score (nSPS) is 14.6. The Labute approximate surface area is 166 Å². The van der Waals surface area contributed by atoms with Gasteiger partial charge in [0.2, 0.25) is 5.91 Å². The van der Waals surface area contributed by atoms with Gasteiger partial charge >= 0.3 is 0 Å². The number of nitrogens with one attached hydrogen (secondary N) is 1. The number of carbonyl (C=O) groups is 1. The first-order valence-electron chi connectivity index (χ1n) is 9.11. The monoisotopic (exact) mass is 401 g/mol. The zero-order valence-corrected chi connectivity index (χ0v) is 17.8. The maximum absolute atomic E-state index is 12.8. The summed E-state index contributed by atoms with van der Waals surface area (Å²) in [6.07, 6.45) is 3.42. The lowest BCUT2D eigenvalue weighted by atomic mass is 10.2. The summed E-state index contributed by atoms with van der Waals surface area (Å²) in [4.78, 5) is 24.6. The number of amides is 1. The Morgan fingerprint density at radius 1 is 1.26 bits per heavy atom. The number of carbonyl (C=O) groups excluding carboxylic acids is 1. The van der Waals surface area contributed by atoms with Gasteiger partial charge in [-0.25, -0.2) is 9.97 Å². The number of hydrogen-bond donors (Lipinski definition) is 1. The lowest BCUT2D eigenvalue weighted by Gasteiger charge is -2.13. The molecule has 8 heteroatoms. The molecule has 1 aliphatic carbocycles. The highest BCUT2D eigenvalue weighted by Gasteiger charge is 2.25. The first kappa shape index (κ1) is 18.4. The van der Waals surface area contributed by atoms with Gasteiger partial charge in [0.15, 0.2) is 0 Å². The van der Waals surface area contributed by atoms with Crippen LogP contribution in [0.15, 0.2) is 5.03 Å². The van der Waals surface area contributed by atoms with Gasteiger partial charge in [-0.15, -0.1) is 11.3 Å². The van der Waals surface area contributed by atoms with E-state index in [0.29, 0.717) is 0 Å². The smallest absolute Gasteiger partial charge is 0.237 e. The summed E-state index contributed by atoms with van der Waals surface area (Å²) >= 11 is 3.30. The number of rotatable bonds is 4. The maximum atomic E-state index is 12.8. The van der Waals surface area contributed by atoms with Gasteiger partial charge in [0.1, 0.15) is 15.7 Å². The maximum Gasteiger partial charge on any atom is 0.237 e. The summed E-state index contributed by atoms with van der Waals surface area (Å²) in [6, 6.07) is 0. The molecule has 0 aliphatic heterocycles. The molecule has 4 rings (SSSR count). The summed E-state index contributed by atoms with van der Waals surface area (Å²) in [7, 11) is 1.88. The fourth-order valence-electron chi connectivity index (χ4n) is 3.55. The van der Waals surface area contributed by atoms with Gasteiger partial charge in [-0.05, 0) is 52.5 Å². The van der Waals surface area contributed by atoms with E-state index in [4.69, 9.17) is 0 Å². The average molecular weight is 402 g/mol. The average Bonchev–Trinajstić information content (AvgIpc) is 3.24. The molecule has 1 aliphatic rings. The van der Waals surface area contributed by atoms with E-state index >= 15 is 0 Å². The van der Waals surface area contributed by atoms with Crippen molar-refractivity contribution in [3.63, 3.8) is 0 Å². The van der Waals surface area contributed by atoms with E-state index in [1.165, 1.54) is 28.6 Å². The second-order valence-electron chi connectivity index (χ2n) is 7.03. The lowest BCUT2D eigenvalue weighted by molar-refractivity contribution is -0.115. The minimum atomic E-state index is -0.265. The van der Waals surface area contributed by atoms with Crippen molar-refractivity contribution >= 4 is 44.9 Å². The van der Waals surface area contributed by atoms with Crippen LogP contribution in [0.25, 0.3) is 10.2 Å². The molecule has 27 heavy (non-hydrogen) atoms. The van der Waals surface area contributed by atoms with E-state index in [9.17, 15) is 4.79 Å². The zero-order valence-electron chi connectivity index (χ0n) is 16.2. The number of hydrogen-bond acceptors (Lipinski definition) is 6. The van der Waals surface area contributed by atoms with Crippen LogP contribution in [0.2, 0.25) is 0 Å². The van der Waals surface area contributed by atoms with Crippen molar-refractivity contribution in [1.29, 1.82) is 0 Å². The second kappa shape index (κ2) is 6.91. The summed E-state index contributed by atoms with van der Waals surface area (Å²) in [6.45, 7) is 7.71. The highest BCUT2D eigenvalue weighted by atomic mass is 32.2. The van der Waals surface area contributed by atoms with Crippen molar-refractivity contribution in [2.75, 3.05) is 5.32 Å². The minimum absolute atomic E-state index is 0.0320. The van der Waals surface area contributed by atoms with Crippen LogP contribution in [0.5, 0.6) is 0 Å². The number of thiophene rings is 1. The molecule has 0 unspecified atom stereocenters. The molecule has 0 spiro atoms. The van der Waals surface area contributed by atoms with Gasteiger partial charge in [-0.3, -0.25) is 9.48 Å². The number of thioether (sulfide) groups is 1. The first-order chi connectivity index (χ1) is 12.8. The molecule has 1 N–H and O–H groups in total. The summed E-state index contributed by atoms with van der Waals surface area (Å²) in [5.41, 5.74) is 3.98. The Balaban J connectivity index is 1.61. The zero-order chi connectivity index (χ0) is 19.3. The van der Waals surface area contributed by atoms with E-state index < -0.39 is 0 Å². The van der Waals surface area contributed by atoms with Crippen molar-refractivity contribution in [1.82, 2.24) is 19.7 Å². The fraction of sp³-hybridized carbons (Fsp3) is 0.474. The Bertz CT molecular complexity index is 1050. The molecule has 3 aromatic rings. The predicted octanol–water partition coefficient (Wildman–Crippen LogP) is 3.96. The van der Waals surface area contributed by atoms with Crippen LogP contribution in [0.3, 0.4) is 0 Å². The Morgan fingerprint density at radius 2 is 2.04 bits per heavy atom. The first-order valence-corrected chi connectivity index (χ1v) is 10.8. The highest BCUT2D eigenvalue weighted by Crippen LogP contribution is 2.41. The third kappa shape index (κ3) is 3.25. The fourth-order valence-corrected chi connectivity index (χ4v) is 5.94. The van der Waals surface area contributed by atoms with E-state index in [1.54, 1.807) is 16.0 Å².